The van der Waals surface area contributed by atoms with Gasteiger partial charge in [0, 0.05) is 42.7 Å². The third kappa shape index (κ3) is 4.35. The summed E-state index contributed by atoms with van der Waals surface area (Å²) in [5, 5.41) is 11.6. The Morgan fingerprint density at radius 1 is 0.905 bits per heavy atom. The fraction of sp³-hybridized carbons (Fsp3) is 0.235. The number of nitrogens with zero attached hydrogens (tertiary/aromatic N) is 5. The van der Waals surface area contributed by atoms with E-state index in [0.29, 0.717) is 19.0 Å². The van der Waals surface area contributed by atoms with Gasteiger partial charge in [-0.05, 0) is 73.2 Å². The van der Waals surface area contributed by atoms with Crippen LogP contribution in [0, 0.1) is 0 Å². The van der Waals surface area contributed by atoms with Crippen molar-refractivity contribution in [1.29, 1.82) is 0 Å². The van der Waals surface area contributed by atoms with E-state index in [1.54, 1.807) is 27.3 Å². The van der Waals surface area contributed by atoms with Gasteiger partial charge in [-0.15, -0.1) is 0 Å². The van der Waals surface area contributed by atoms with Crippen LogP contribution in [0.4, 0.5) is 0 Å². The number of carbonyl (C=O) groups excluding carboxylic acids is 1. The molecule has 1 fully saturated rings. The van der Waals surface area contributed by atoms with Crippen molar-refractivity contribution in [3.8, 4) is 16.8 Å². The summed E-state index contributed by atoms with van der Waals surface area (Å²) in [6.07, 6.45) is 4.37. The lowest BCUT2D eigenvalue weighted by atomic mass is 9.89. The Balaban J connectivity index is 1.27. The van der Waals surface area contributed by atoms with E-state index in [-0.39, 0.29) is 11.6 Å². The van der Waals surface area contributed by atoms with Crippen LogP contribution in [0.1, 0.15) is 31.2 Å². The van der Waals surface area contributed by atoms with Crippen LogP contribution >= 0.6 is 0 Å². The Kier molecular flexibility index (Phi) is 6.35. The maximum absolute atomic E-state index is 13.6. The van der Waals surface area contributed by atoms with Gasteiger partial charge in [-0.1, -0.05) is 36.4 Å². The van der Waals surface area contributed by atoms with Crippen LogP contribution in [0.5, 0.6) is 0 Å². The quantitative estimate of drug-likeness (QED) is 0.323. The van der Waals surface area contributed by atoms with E-state index < -0.39 is 6.10 Å². The summed E-state index contributed by atoms with van der Waals surface area (Å²) in [6.45, 7) is 2.78. The number of benzene rings is 3. The maximum Gasteiger partial charge on any atom is 0.333 e. The van der Waals surface area contributed by atoms with Crippen LogP contribution in [0.25, 0.3) is 49.7 Å². The molecule has 210 valence electrons. The summed E-state index contributed by atoms with van der Waals surface area (Å²) < 4.78 is 3.42. The van der Waals surface area contributed by atoms with Gasteiger partial charge in [0.25, 0.3) is 5.91 Å². The number of aromatic nitrogens is 4. The van der Waals surface area contributed by atoms with Crippen molar-refractivity contribution in [3.05, 3.63) is 101 Å². The molecule has 4 heterocycles. The number of aliphatic hydroxyl groups is 1. The molecular weight excluding hydrogens is 526 g/mol. The first-order valence-electron chi connectivity index (χ1n) is 14.3. The second-order valence-electron chi connectivity index (χ2n) is 11.2. The largest absolute Gasteiger partial charge is 0.384 e. The lowest BCUT2D eigenvalue weighted by Gasteiger charge is -2.33. The first-order valence-corrected chi connectivity index (χ1v) is 14.3. The zero-order valence-electron chi connectivity index (χ0n) is 23.6. The first-order chi connectivity index (χ1) is 20.4. The molecule has 8 nitrogen and oxygen atoms in total. The van der Waals surface area contributed by atoms with Crippen LogP contribution in [0.3, 0.4) is 0 Å². The van der Waals surface area contributed by atoms with Gasteiger partial charge in [-0.25, -0.2) is 4.79 Å². The molecule has 1 N–H and O–H groups in total. The number of hydrogen-bond donors (Lipinski definition) is 1. The zero-order valence-corrected chi connectivity index (χ0v) is 23.6. The molecule has 7 rings (SSSR count). The Morgan fingerprint density at radius 2 is 1.64 bits per heavy atom. The number of amides is 1. The number of piperidine rings is 1. The molecule has 1 amide bonds. The fourth-order valence-corrected chi connectivity index (χ4v) is 6.24. The highest BCUT2D eigenvalue weighted by Gasteiger charge is 2.26. The Morgan fingerprint density at radius 3 is 2.40 bits per heavy atom. The van der Waals surface area contributed by atoms with Crippen LogP contribution in [0.15, 0.2) is 90.0 Å². The molecule has 0 saturated carbocycles. The summed E-state index contributed by atoms with van der Waals surface area (Å²) in [7, 11) is 1.78. The highest BCUT2D eigenvalue weighted by Crippen LogP contribution is 2.32. The zero-order chi connectivity index (χ0) is 29.0. The van der Waals surface area contributed by atoms with Crippen molar-refractivity contribution in [2.24, 2.45) is 7.05 Å². The van der Waals surface area contributed by atoms with Gasteiger partial charge in [0.05, 0.1) is 34.0 Å². The van der Waals surface area contributed by atoms with E-state index in [2.05, 4.69) is 40.3 Å². The topological polar surface area (TPSA) is 93.2 Å². The lowest BCUT2D eigenvalue weighted by molar-refractivity contribution is -0.140. The number of aliphatic hydroxyl groups excluding tert-OH is 1. The van der Waals surface area contributed by atoms with E-state index in [4.69, 9.17) is 0 Å². The van der Waals surface area contributed by atoms with Gasteiger partial charge >= 0.3 is 5.69 Å². The summed E-state index contributed by atoms with van der Waals surface area (Å²) in [4.78, 5) is 36.8. The molecule has 0 bridgehead atoms. The Labute approximate surface area is 242 Å². The normalized spacial score (nSPS) is 15.1. The van der Waals surface area contributed by atoms with Gasteiger partial charge in [0.1, 0.15) is 6.10 Å². The van der Waals surface area contributed by atoms with Gasteiger partial charge in [0.15, 0.2) is 0 Å². The highest BCUT2D eigenvalue weighted by molar-refractivity contribution is 6.04. The number of imidazole rings is 1. The molecule has 0 aliphatic carbocycles. The second-order valence-corrected chi connectivity index (χ2v) is 11.2. The number of carbonyl (C=O) groups is 1. The molecule has 6 aromatic rings. The molecule has 0 unspecified atom stereocenters. The second kappa shape index (κ2) is 10.2. The van der Waals surface area contributed by atoms with E-state index >= 15 is 0 Å². The monoisotopic (exact) mass is 557 g/mol. The number of fused-ring (bicyclic) bond motifs is 4. The van der Waals surface area contributed by atoms with Crippen molar-refractivity contribution >= 4 is 38.7 Å². The minimum atomic E-state index is -0.966. The Hall–Kier alpha value is -4.82. The first kappa shape index (κ1) is 26.1. The predicted octanol–water partition coefficient (Wildman–Crippen LogP) is 5.18. The van der Waals surface area contributed by atoms with E-state index in [1.165, 1.54) is 12.5 Å². The third-order valence-electron chi connectivity index (χ3n) is 8.59. The van der Waals surface area contributed by atoms with Gasteiger partial charge in [-0.2, -0.15) is 0 Å². The number of rotatable bonds is 4. The molecule has 0 spiro atoms. The Bertz CT molecular complexity index is 2030. The molecular formula is C34H31N5O3. The highest BCUT2D eigenvalue weighted by atomic mass is 16.3. The summed E-state index contributed by atoms with van der Waals surface area (Å²) in [6, 6.07) is 24.5. The lowest BCUT2D eigenvalue weighted by Crippen LogP contribution is -2.42. The van der Waals surface area contributed by atoms with Crippen LogP contribution in [0.2, 0.25) is 0 Å². The summed E-state index contributed by atoms with van der Waals surface area (Å²) in [5.41, 5.74) is 7.21. The number of aryl methyl sites for hydroxylation is 1. The minimum absolute atomic E-state index is 0.130. The van der Waals surface area contributed by atoms with Crippen LogP contribution in [-0.4, -0.2) is 54.2 Å². The SMILES string of the molecule is C[C@@H](O)C(=O)N1CCC(c2ccc(-n3c(=O)n(C)c4cnc5ccc(-c6cnc7ccccc7c6)cc5c43)cc2)CC1. The molecule has 1 saturated heterocycles. The molecule has 0 radical (unpaired) electrons. The molecule has 42 heavy (non-hydrogen) atoms. The number of hydrogen-bond acceptors (Lipinski definition) is 5. The molecule has 1 aliphatic heterocycles. The summed E-state index contributed by atoms with van der Waals surface area (Å²) in [5.74, 6) is 0.116. The number of para-hydroxylation sites is 1. The maximum atomic E-state index is 13.6. The fourth-order valence-electron chi connectivity index (χ4n) is 6.24. The molecule has 8 heteroatoms. The molecule has 1 aliphatic rings. The average molecular weight is 558 g/mol. The number of likely N-dealkylation sites (tertiary alicyclic amines) is 1. The third-order valence-corrected chi connectivity index (χ3v) is 8.59. The molecule has 3 aromatic heterocycles. The van der Waals surface area contributed by atoms with Gasteiger partial charge < -0.3 is 10.0 Å². The smallest absolute Gasteiger partial charge is 0.333 e. The average Bonchev–Trinajstić information content (AvgIpc) is 3.29. The van der Waals surface area contributed by atoms with Crippen molar-refractivity contribution in [3.63, 3.8) is 0 Å². The van der Waals surface area contributed by atoms with E-state index in [9.17, 15) is 14.7 Å². The van der Waals surface area contributed by atoms with Gasteiger partial charge in [0.2, 0.25) is 0 Å². The van der Waals surface area contributed by atoms with E-state index in [0.717, 1.165) is 62.5 Å². The predicted molar refractivity (Wildman–Crippen MR) is 165 cm³/mol. The van der Waals surface area contributed by atoms with Crippen molar-refractivity contribution < 1.29 is 9.90 Å². The standard InChI is InChI=1S/C34H31N5O3/c1-21(40)33(41)38-15-13-23(14-16-38)22-7-10-27(11-8-22)39-32-28-18-24(26-17-25-5-3-4-6-29(25)35-19-26)9-12-30(28)36-20-31(32)37(2)34(39)42/h3-12,17-21,23,40H,13-16H2,1-2H3/t21-/m1/s1. The van der Waals surface area contributed by atoms with Crippen LogP contribution in [-0.2, 0) is 11.8 Å². The van der Waals surface area contributed by atoms with Crippen molar-refractivity contribution in [2.75, 3.05) is 13.1 Å². The van der Waals surface area contributed by atoms with Crippen molar-refractivity contribution in [1.82, 2.24) is 24.0 Å². The van der Waals surface area contributed by atoms with Crippen molar-refractivity contribution in [2.45, 2.75) is 31.8 Å². The number of pyridine rings is 2. The van der Waals surface area contributed by atoms with Crippen LogP contribution < -0.4 is 5.69 Å². The minimum Gasteiger partial charge on any atom is -0.384 e. The molecule has 1 atom stereocenters. The van der Waals surface area contributed by atoms with E-state index in [1.807, 2.05) is 48.7 Å². The summed E-state index contributed by atoms with van der Waals surface area (Å²) >= 11 is 0. The molecule has 3 aromatic carbocycles. The van der Waals surface area contributed by atoms with Gasteiger partial charge in [-0.3, -0.25) is 23.9 Å².